The first-order valence-corrected chi connectivity index (χ1v) is 6.38. The van der Waals surface area contributed by atoms with E-state index in [1.54, 1.807) is 0 Å². The van der Waals surface area contributed by atoms with Gasteiger partial charge in [-0.1, -0.05) is 31.2 Å². The van der Waals surface area contributed by atoms with E-state index in [2.05, 4.69) is 15.3 Å². The number of halogens is 3. The van der Waals surface area contributed by atoms with E-state index in [-0.39, 0.29) is 12.5 Å². The number of anilines is 1. The minimum absolute atomic E-state index is 0.200. The average Bonchev–Trinajstić information content (AvgIpc) is 2.44. The zero-order valence-electron chi connectivity index (χ0n) is 11.3. The summed E-state index contributed by atoms with van der Waals surface area (Å²) in [6, 6.07) is 8.06. The van der Waals surface area contributed by atoms with Gasteiger partial charge in [-0.2, -0.15) is 13.2 Å². The van der Waals surface area contributed by atoms with Crippen molar-refractivity contribution in [2.24, 2.45) is 0 Å². The number of benzene rings is 1. The largest absolute Gasteiger partial charge is 0.433 e. The lowest BCUT2D eigenvalue weighted by Gasteiger charge is -2.09. The van der Waals surface area contributed by atoms with Gasteiger partial charge in [0.15, 0.2) is 5.69 Å². The molecule has 0 amide bonds. The van der Waals surface area contributed by atoms with Crippen molar-refractivity contribution in [1.82, 2.24) is 9.97 Å². The lowest BCUT2D eigenvalue weighted by molar-refractivity contribution is -0.141. The number of hydrogen-bond donors (Lipinski definition) is 2. The van der Waals surface area contributed by atoms with Crippen LogP contribution in [0, 0.1) is 0 Å². The Hall–Kier alpha value is -2.31. The number of H-pyrrole nitrogens is 1. The molecule has 4 nitrogen and oxygen atoms in total. The van der Waals surface area contributed by atoms with Gasteiger partial charge < -0.3 is 5.32 Å². The van der Waals surface area contributed by atoms with Gasteiger partial charge in [-0.15, -0.1) is 0 Å². The van der Waals surface area contributed by atoms with Crippen LogP contribution in [0.3, 0.4) is 0 Å². The van der Waals surface area contributed by atoms with Crippen molar-refractivity contribution in [2.75, 3.05) is 5.32 Å². The number of alkyl halides is 3. The second-order valence-electron chi connectivity index (χ2n) is 4.50. The molecule has 7 heteroatoms. The molecule has 1 aromatic heterocycles. The second kappa shape index (κ2) is 5.99. The average molecular weight is 297 g/mol. The molecule has 0 spiro atoms. The van der Waals surface area contributed by atoms with E-state index < -0.39 is 17.4 Å². The highest BCUT2D eigenvalue weighted by Gasteiger charge is 2.33. The molecule has 0 saturated heterocycles. The first kappa shape index (κ1) is 15.1. The lowest BCUT2D eigenvalue weighted by atomic mass is 10.1. The zero-order chi connectivity index (χ0) is 15.5. The Morgan fingerprint density at radius 1 is 1.19 bits per heavy atom. The van der Waals surface area contributed by atoms with Gasteiger partial charge in [0.25, 0.3) is 5.56 Å². The van der Waals surface area contributed by atoms with Crippen molar-refractivity contribution in [3.8, 4) is 0 Å². The van der Waals surface area contributed by atoms with Crippen LogP contribution in [-0.2, 0) is 19.1 Å². The quantitative estimate of drug-likeness (QED) is 0.912. The van der Waals surface area contributed by atoms with Gasteiger partial charge in [-0.05, 0) is 17.5 Å². The summed E-state index contributed by atoms with van der Waals surface area (Å²) >= 11 is 0. The number of rotatable bonds is 4. The Balaban J connectivity index is 2.12. The molecule has 2 N–H and O–H groups in total. The number of aryl methyl sites for hydroxylation is 1. The highest BCUT2D eigenvalue weighted by atomic mass is 19.4. The second-order valence-corrected chi connectivity index (χ2v) is 4.50. The molecule has 0 aliphatic carbocycles. The Labute approximate surface area is 119 Å². The molecule has 0 aliphatic rings. The fourth-order valence-corrected chi connectivity index (χ4v) is 1.77. The Bertz CT molecular complexity index is 662. The predicted octanol–water partition coefficient (Wildman–Crippen LogP) is 2.96. The van der Waals surface area contributed by atoms with Crippen molar-refractivity contribution < 1.29 is 13.2 Å². The highest BCUT2D eigenvalue weighted by Crippen LogP contribution is 2.26. The molecule has 0 atom stereocenters. The van der Waals surface area contributed by atoms with E-state index >= 15 is 0 Å². The SMILES string of the molecule is CCc1ccc(CNc2nc(C(F)(F)F)cc(=O)[nH]2)cc1. The summed E-state index contributed by atoms with van der Waals surface area (Å²) in [5, 5.41) is 2.69. The van der Waals surface area contributed by atoms with E-state index in [4.69, 9.17) is 0 Å². The molecular weight excluding hydrogens is 283 g/mol. The molecule has 0 fully saturated rings. The van der Waals surface area contributed by atoms with Crippen molar-refractivity contribution in [3.63, 3.8) is 0 Å². The Morgan fingerprint density at radius 2 is 1.81 bits per heavy atom. The molecule has 1 aromatic carbocycles. The maximum atomic E-state index is 12.6. The Kier molecular flexibility index (Phi) is 4.30. The topological polar surface area (TPSA) is 57.8 Å². The summed E-state index contributed by atoms with van der Waals surface area (Å²) in [4.78, 5) is 16.8. The summed E-state index contributed by atoms with van der Waals surface area (Å²) in [7, 11) is 0. The molecule has 0 radical (unpaired) electrons. The van der Waals surface area contributed by atoms with Crippen LogP contribution in [0.1, 0.15) is 23.7 Å². The normalized spacial score (nSPS) is 11.4. The van der Waals surface area contributed by atoms with Crippen molar-refractivity contribution in [2.45, 2.75) is 26.1 Å². The molecule has 0 aliphatic heterocycles. The van der Waals surface area contributed by atoms with Gasteiger partial charge in [-0.25, -0.2) is 4.98 Å². The van der Waals surface area contributed by atoms with Gasteiger partial charge in [-0.3, -0.25) is 9.78 Å². The number of nitrogens with zero attached hydrogens (tertiary/aromatic N) is 1. The van der Waals surface area contributed by atoms with Crippen molar-refractivity contribution in [3.05, 3.63) is 57.5 Å². The fourth-order valence-electron chi connectivity index (χ4n) is 1.77. The smallest absolute Gasteiger partial charge is 0.352 e. The summed E-state index contributed by atoms with van der Waals surface area (Å²) in [6.07, 6.45) is -3.73. The standard InChI is InChI=1S/C14H14F3N3O/c1-2-9-3-5-10(6-4-9)8-18-13-19-11(14(15,16)17)7-12(21)20-13/h3-7H,2,8H2,1H3,(H2,18,19,20,21). The third-order valence-electron chi connectivity index (χ3n) is 2.92. The fraction of sp³-hybridized carbons (Fsp3) is 0.286. The van der Waals surface area contributed by atoms with E-state index in [1.807, 2.05) is 31.2 Å². The Morgan fingerprint density at radius 3 is 2.38 bits per heavy atom. The van der Waals surface area contributed by atoms with Gasteiger partial charge in [0.1, 0.15) is 0 Å². The van der Waals surface area contributed by atoms with Crippen LogP contribution < -0.4 is 10.9 Å². The summed E-state index contributed by atoms with van der Waals surface area (Å²) < 4.78 is 37.7. The molecule has 0 bridgehead atoms. The maximum absolute atomic E-state index is 12.6. The summed E-state index contributed by atoms with van der Waals surface area (Å²) in [6.45, 7) is 2.30. The molecule has 2 rings (SSSR count). The molecule has 1 heterocycles. The van der Waals surface area contributed by atoms with Crippen molar-refractivity contribution >= 4 is 5.95 Å². The molecule has 2 aromatic rings. The van der Waals surface area contributed by atoms with Crippen molar-refractivity contribution in [1.29, 1.82) is 0 Å². The molecule has 0 saturated carbocycles. The molecule has 21 heavy (non-hydrogen) atoms. The lowest BCUT2D eigenvalue weighted by Crippen LogP contribution is -2.18. The number of aromatic amines is 1. The van der Waals surface area contributed by atoms with E-state index in [0.29, 0.717) is 6.07 Å². The summed E-state index contributed by atoms with van der Waals surface area (Å²) in [5.74, 6) is -0.200. The third-order valence-corrected chi connectivity index (χ3v) is 2.92. The first-order valence-electron chi connectivity index (χ1n) is 6.38. The van der Waals surface area contributed by atoms with Crippen LogP contribution in [0.5, 0.6) is 0 Å². The van der Waals surface area contributed by atoms with Gasteiger partial charge in [0.2, 0.25) is 5.95 Å². The zero-order valence-corrected chi connectivity index (χ0v) is 11.3. The van der Waals surface area contributed by atoms with Crippen LogP contribution in [0.25, 0.3) is 0 Å². The third kappa shape index (κ3) is 4.08. The van der Waals surface area contributed by atoms with Crippen LogP contribution in [0.2, 0.25) is 0 Å². The van der Waals surface area contributed by atoms with Gasteiger partial charge in [0.05, 0.1) is 0 Å². The van der Waals surface area contributed by atoms with Crippen LogP contribution in [-0.4, -0.2) is 9.97 Å². The maximum Gasteiger partial charge on any atom is 0.433 e. The van der Waals surface area contributed by atoms with Gasteiger partial charge in [0, 0.05) is 12.6 Å². The van der Waals surface area contributed by atoms with Gasteiger partial charge >= 0.3 is 6.18 Å². The summed E-state index contributed by atoms with van der Waals surface area (Å²) in [5.41, 5.74) is -0.00662. The van der Waals surface area contributed by atoms with Crippen LogP contribution in [0.15, 0.2) is 35.1 Å². The van der Waals surface area contributed by atoms with E-state index in [1.165, 1.54) is 5.56 Å². The van der Waals surface area contributed by atoms with E-state index in [0.717, 1.165) is 12.0 Å². The monoisotopic (exact) mass is 297 g/mol. The minimum atomic E-state index is -4.65. The first-order chi connectivity index (χ1) is 9.88. The molecule has 0 unspecified atom stereocenters. The molecule has 112 valence electrons. The predicted molar refractivity (Wildman–Crippen MR) is 73.0 cm³/mol. The highest BCUT2D eigenvalue weighted by molar-refractivity contribution is 5.30. The molecular formula is C14H14F3N3O. The number of aromatic nitrogens is 2. The minimum Gasteiger partial charge on any atom is -0.352 e. The number of hydrogen-bond acceptors (Lipinski definition) is 3. The van der Waals surface area contributed by atoms with Crippen LogP contribution in [0.4, 0.5) is 19.1 Å². The van der Waals surface area contributed by atoms with Crippen LogP contribution >= 0.6 is 0 Å². The number of nitrogens with one attached hydrogen (secondary N) is 2. The van der Waals surface area contributed by atoms with E-state index in [9.17, 15) is 18.0 Å².